The van der Waals surface area contributed by atoms with Crippen molar-refractivity contribution in [1.29, 1.82) is 5.26 Å². The number of carbonyl (C=O) groups excluding carboxylic acids is 1. The highest BCUT2D eigenvalue weighted by molar-refractivity contribution is 5.97. The van der Waals surface area contributed by atoms with Gasteiger partial charge in [0.05, 0.1) is 0 Å². The van der Waals surface area contributed by atoms with Gasteiger partial charge in [-0.2, -0.15) is 14.0 Å². The largest absolute Gasteiger partial charge is 0.408 e. The quantitative estimate of drug-likeness (QED) is 0.646. The molecule has 0 heterocycles. The van der Waals surface area contributed by atoms with Gasteiger partial charge in [-0.3, -0.25) is 4.79 Å². The predicted octanol–water partition coefficient (Wildman–Crippen LogP) is 2.20. The summed E-state index contributed by atoms with van der Waals surface area (Å²) in [5, 5.41) is 9.31. The van der Waals surface area contributed by atoms with E-state index in [0.717, 1.165) is 0 Å². The van der Waals surface area contributed by atoms with E-state index in [-0.39, 0.29) is 0 Å². The molecule has 0 aliphatic carbocycles. The molecular formula is C9H3F5N2O. The Kier molecular flexibility index (Phi) is 3.31. The molecule has 1 aromatic carbocycles. The molecule has 0 aromatic heterocycles. The predicted molar refractivity (Wildman–Crippen MR) is 45.5 cm³/mol. The Morgan fingerprint density at radius 3 is 2.12 bits per heavy atom. The van der Waals surface area contributed by atoms with Crippen molar-refractivity contribution in [3.05, 3.63) is 29.6 Å². The van der Waals surface area contributed by atoms with Crippen molar-refractivity contribution in [2.75, 3.05) is 5.32 Å². The molecule has 1 aromatic rings. The first kappa shape index (κ1) is 12.9. The highest BCUT2D eigenvalue weighted by atomic mass is 19.3. The van der Waals surface area contributed by atoms with E-state index in [1.807, 2.05) is 0 Å². The minimum absolute atomic E-state index is 0.309. The monoisotopic (exact) mass is 250 g/mol. The highest BCUT2D eigenvalue weighted by Crippen LogP contribution is 2.20. The van der Waals surface area contributed by atoms with Crippen LogP contribution >= 0.6 is 0 Å². The Labute approximate surface area is 91.5 Å². The van der Waals surface area contributed by atoms with Gasteiger partial charge in [0, 0.05) is 17.8 Å². The van der Waals surface area contributed by atoms with Crippen molar-refractivity contribution >= 4 is 11.6 Å². The molecule has 0 aliphatic heterocycles. The first-order chi connectivity index (χ1) is 7.77. The van der Waals surface area contributed by atoms with Gasteiger partial charge in [-0.05, 0) is 0 Å². The summed E-state index contributed by atoms with van der Waals surface area (Å²) >= 11 is 0. The zero-order chi connectivity index (χ0) is 13.2. The van der Waals surface area contributed by atoms with Crippen LogP contribution in [0.1, 0.15) is 0 Å². The third kappa shape index (κ3) is 2.69. The standard InChI is InChI=1S/C9H3F5N2O/c10-5-1-4(2-6(11)7(5)12)16-8(17)9(13,14)3-15/h1-2H,(H,16,17). The molecule has 90 valence electrons. The number of nitriles is 1. The zero-order valence-corrected chi connectivity index (χ0v) is 7.90. The number of amides is 1. The fourth-order valence-corrected chi connectivity index (χ4v) is 0.888. The Morgan fingerprint density at radius 2 is 1.71 bits per heavy atom. The van der Waals surface area contributed by atoms with E-state index in [4.69, 9.17) is 5.26 Å². The first-order valence-corrected chi connectivity index (χ1v) is 4.03. The molecule has 17 heavy (non-hydrogen) atoms. The molecule has 1 N–H and O–H groups in total. The van der Waals surface area contributed by atoms with Crippen molar-refractivity contribution in [2.45, 2.75) is 5.92 Å². The van der Waals surface area contributed by atoms with E-state index >= 15 is 0 Å². The van der Waals surface area contributed by atoms with Crippen LogP contribution in [0.15, 0.2) is 12.1 Å². The Morgan fingerprint density at radius 1 is 1.24 bits per heavy atom. The van der Waals surface area contributed by atoms with E-state index in [2.05, 4.69) is 0 Å². The molecular weight excluding hydrogens is 247 g/mol. The molecule has 0 aliphatic rings. The number of halogens is 5. The Balaban J connectivity index is 2.99. The minimum atomic E-state index is -4.35. The maximum Gasteiger partial charge on any atom is 0.408 e. The van der Waals surface area contributed by atoms with Crippen LogP contribution in [0.25, 0.3) is 0 Å². The van der Waals surface area contributed by atoms with Crippen LogP contribution in [0.4, 0.5) is 27.6 Å². The third-order valence-corrected chi connectivity index (χ3v) is 1.67. The van der Waals surface area contributed by atoms with Crippen molar-refractivity contribution < 1.29 is 26.7 Å². The Hall–Kier alpha value is -2.17. The van der Waals surface area contributed by atoms with Gasteiger partial charge in [0.15, 0.2) is 17.5 Å². The molecule has 8 heteroatoms. The molecule has 0 spiro atoms. The van der Waals surface area contributed by atoms with Gasteiger partial charge >= 0.3 is 11.8 Å². The van der Waals surface area contributed by atoms with Gasteiger partial charge in [0.1, 0.15) is 6.07 Å². The highest BCUT2D eigenvalue weighted by Gasteiger charge is 2.39. The summed E-state index contributed by atoms with van der Waals surface area (Å²) in [6, 6.07) is 1.01. The summed E-state index contributed by atoms with van der Waals surface area (Å²) in [5.74, 6) is -11.5. The smallest absolute Gasteiger partial charge is 0.320 e. The van der Waals surface area contributed by atoms with Gasteiger partial charge in [-0.1, -0.05) is 0 Å². The van der Waals surface area contributed by atoms with Crippen molar-refractivity contribution in [3.63, 3.8) is 0 Å². The number of alkyl halides is 2. The summed E-state index contributed by atoms with van der Waals surface area (Å²) in [5.41, 5.74) is -0.721. The lowest BCUT2D eigenvalue weighted by Gasteiger charge is -2.09. The number of carbonyl (C=O) groups is 1. The summed E-state index contributed by atoms with van der Waals surface area (Å²) in [7, 11) is 0. The molecule has 3 nitrogen and oxygen atoms in total. The van der Waals surface area contributed by atoms with Crippen LogP contribution in [-0.4, -0.2) is 11.8 Å². The van der Waals surface area contributed by atoms with Gasteiger partial charge < -0.3 is 5.32 Å². The lowest BCUT2D eigenvalue weighted by atomic mass is 10.2. The van der Waals surface area contributed by atoms with Crippen LogP contribution in [0.3, 0.4) is 0 Å². The average Bonchev–Trinajstić information content (AvgIpc) is 2.25. The van der Waals surface area contributed by atoms with E-state index in [0.29, 0.717) is 18.2 Å². The number of nitrogens with one attached hydrogen (secondary N) is 1. The van der Waals surface area contributed by atoms with Crippen molar-refractivity contribution in [1.82, 2.24) is 0 Å². The number of nitrogens with zero attached hydrogens (tertiary/aromatic N) is 1. The van der Waals surface area contributed by atoms with E-state index in [9.17, 15) is 26.7 Å². The van der Waals surface area contributed by atoms with Crippen LogP contribution in [-0.2, 0) is 4.79 Å². The number of anilines is 1. The molecule has 0 bridgehead atoms. The third-order valence-electron chi connectivity index (χ3n) is 1.67. The molecule has 0 saturated heterocycles. The molecule has 1 rings (SSSR count). The normalized spacial score (nSPS) is 10.8. The SMILES string of the molecule is N#CC(F)(F)C(=O)Nc1cc(F)c(F)c(F)c1. The molecule has 0 radical (unpaired) electrons. The van der Waals surface area contributed by atoms with E-state index in [1.54, 1.807) is 0 Å². The summed E-state index contributed by atoms with van der Waals surface area (Å²) in [6.45, 7) is 0. The zero-order valence-electron chi connectivity index (χ0n) is 7.90. The molecule has 0 unspecified atom stereocenters. The molecule has 0 saturated carbocycles. The Bertz CT molecular complexity index is 486. The second-order valence-electron chi connectivity index (χ2n) is 2.89. The van der Waals surface area contributed by atoms with Crippen LogP contribution in [0.5, 0.6) is 0 Å². The maximum absolute atomic E-state index is 12.7. The fraction of sp³-hybridized carbons (Fsp3) is 0.111. The second kappa shape index (κ2) is 4.37. The maximum atomic E-state index is 12.7. The minimum Gasteiger partial charge on any atom is -0.320 e. The molecule has 0 fully saturated rings. The average molecular weight is 250 g/mol. The molecule has 0 atom stereocenters. The summed E-state index contributed by atoms with van der Waals surface area (Å²) in [4.78, 5) is 10.8. The van der Waals surface area contributed by atoms with E-state index < -0.39 is 35.0 Å². The summed E-state index contributed by atoms with van der Waals surface area (Å²) < 4.78 is 62.7. The number of hydrogen-bond donors (Lipinski definition) is 1. The number of rotatable bonds is 2. The van der Waals surface area contributed by atoms with Crippen molar-refractivity contribution in [3.8, 4) is 6.07 Å². The fourth-order valence-electron chi connectivity index (χ4n) is 0.888. The van der Waals surface area contributed by atoms with Crippen LogP contribution < -0.4 is 5.32 Å². The number of benzene rings is 1. The van der Waals surface area contributed by atoms with Crippen LogP contribution in [0.2, 0.25) is 0 Å². The lowest BCUT2D eigenvalue weighted by molar-refractivity contribution is -0.132. The van der Waals surface area contributed by atoms with Gasteiger partial charge in [-0.25, -0.2) is 13.2 Å². The summed E-state index contributed by atoms with van der Waals surface area (Å²) in [6.07, 6.45) is 0. The van der Waals surface area contributed by atoms with Gasteiger partial charge in [0.25, 0.3) is 0 Å². The van der Waals surface area contributed by atoms with Crippen LogP contribution in [0, 0.1) is 28.8 Å². The van der Waals surface area contributed by atoms with Crippen molar-refractivity contribution in [2.24, 2.45) is 0 Å². The molecule has 1 amide bonds. The number of hydrogen-bond acceptors (Lipinski definition) is 2. The van der Waals surface area contributed by atoms with Gasteiger partial charge in [-0.15, -0.1) is 0 Å². The topological polar surface area (TPSA) is 52.9 Å². The van der Waals surface area contributed by atoms with E-state index in [1.165, 1.54) is 5.32 Å². The lowest BCUT2D eigenvalue weighted by Crippen LogP contribution is -2.33. The van der Waals surface area contributed by atoms with Gasteiger partial charge in [0.2, 0.25) is 0 Å². The second-order valence-corrected chi connectivity index (χ2v) is 2.89. The first-order valence-electron chi connectivity index (χ1n) is 4.03.